The molecule has 0 aliphatic carbocycles. The van der Waals surface area contributed by atoms with Gasteiger partial charge in [0.25, 0.3) is 0 Å². The number of alkyl halides is 3. The maximum atomic E-state index is 12.2. The number of halogens is 4. The van der Waals surface area contributed by atoms with E-state index in [0.29, 0.717) is 3.57 Å². The Kier molecular flexibility index (Phi) is 3.25. The Hall–Kier alpha value is -0.500. The van der Waals surface area contributed by atoms with Crippen LogP contribution in [-0.2, 0) is 0 Å². The topological polar surface area (TPSA) is 46.2 Å². The number of rotatable bonds is 1. The molecule has 0 saturated heterocycles. The molecule has 1 aromatic carbocycles. The predicted molar refractivity (Wildman–Crippen MR) is 53.8 cm³/mol. The number of benzene rings is 1. The van der Waals surface area contributed by atoms with E-state index in [1.807, 2.05) is 22.6 Å². The van der Waals surface area contributed by atoms with Crippen molar-refractivity contribution in [3.63, 3.8) is 0 Å². The Balaban J connectivity index is 3.08. The van der Waals surface area contributed by atoms with Crippen LogP contribution in [0.1, 0.15) is 11.6 Å². The van der Waals surface area contributed by atoms with Gasteiger partial charge in [-0.25, -0.2) is 0 Å². The standard InChI is InChI=1S/C8H7F3INO/c9-8(10,11)7(13)5-2-1-4(12)3-6(5)14/h1-3,7,14H,13H2/t7-/m0/s1. The molecule has 1 atom stereocenters. The number of phenolic OH excluding ortho intramolecular Hbond substituents is 1. The van der Waals surface area contributed by atoms with Gasteiger partial charge in [-0.3, -0.25) is 0 Å². The van der Waals surface area contributed by atoms with Crippen LogP contribution in [0.15, 0.2) is 18.2 Å². The van der Waals surface area contributed by atoms with Gasteiger partial charge in [0.15, 0.2) is 0 Å². The minimum atomic E-state index is -4.54. The van der Waals surface area contributed by atoms with Crippen molar-refractivity contribution in [2.24, 2.45) is 5.73 Å². The molecule has 0 aliphatic heterocycles. The quantitative estimate of drug-likeness (QED) is 0.782. The molecule has 14 heavy (non-hydrogen) atoms. The third-order valence-corrected chi connectivity index (χ3v) is 2.35. The molecule has 0 aliphatic rings. The highest BCUT2D eigenvalue weighted by Gasteiger charge is 2.39. The highest BCUT2D eigenvalue weighted by molar-refractivity contribution is 14.1. The lowest BCUT2D eigenvalue weighted by molar-refractivity contribution is -0.149. The molecular weight excluding hydrogens is 310 g/mol. The van der Waals surface area contributed by atoms with E-state index >= 15 is 0 Å². The summed E-state index contributed by atoms with van der Waals surface area (Å²) < 4.78 is 37.2. The zero-order valence-electron chi connectivity index (χ0n) is 6.85. The minimum Gasteiger partial charge on any atom is -0.508 e. The molecule has 78 valence electrons. The number of aromatic hydroxyl groups is 1. The fraction of sp³-hybridized carbons (Fsp3) is 0.250. The van der Waals surface area contributed by atoms with E-state index in [0.717, 1.165) is 0 Å². The first-order valence-electron chi connectivity index (χ1n) is 3.63. The van der Waals surface area contributed by atoms with Gasteiger partial charge in [0.2, 0.25) is 0 Å². The fourth-order valence-corrected chi connectivity index (χ4v) is 1.43. The van der Waals surface area contributed by atoms with Gasteiger partial charge in [0.1, 0.15) is 11.8 Å². The summed E-state index contributed by atoms with van der Waals surface area (Å²) in [5, 5.41) is 9.24. The van der Waals surface area contributed by atoms with Crippen molar-refractivity contribution in [2.45, 2.75) is 12.2 Å². The van der Waals surface area contributed by atoms with E-state index in [-0.39, 0.29) is 5.56 Å². The zero-order valence-corrected chi connectivity index (χ0v) is 9.00. The van der Waals surface area contributed by atoms with E-state index in [1.54, 1.807) is 0 Å². The molecule has 3 N–H and O–H groups in total. The Labute approximate surface area is 92.1 Å². The first kappa shape index (κ1) is 11.6. The predicted octanol–water partition coefficient (Wildman–Crippen LogP) is 2.56. The Morgan fingerprint density at radius 3 is 2.36 bits per heavy atom. The van der Waals surface area contributed by atoms with Crippen LogP contribution in [0, 0.1) is 3.57 Å². The van der Waals surface area contributed by atoms with Crippen molar-refractivity contribution in [2.75, 3.05) is 0 Å². The van der Waals surface area contributed by atoms with Crippen LogP contribution in [0.3, 0.4) is 0 Å². The van der Waals surface area contributed by atoms with Crippen molar-refractivity contribution in [3.05, 3.63) is 27.3 Å². The molecular formula is C8H7F3INO. The van der Waals surface area contributed by atoms with Gasteiger partial charge in [0, 0.05) is 9.13 Å². The van der Waals surface area contributed by atoms with Crippen LogP contribution < -0.4 is 5.73 Å². The normalized spacial score (nSPS) is 14.1. The summed E-state index contributed by atoms with van der Waals surface area (Å²) in [6.45, 7) is 0. The first-order chi connectivity index (χ1) is 6.32. The van der Waals surface area contributed by atoms with Gasteiger partial charge in [-0.2, -0.15) is 13.2 Å². The van der Waals surface area contributed by atoms with Crippen molar-refractivity contribution >= 4 is 22.6 Å². The summed E-state index contributed by atoms with van der Waals surface area (Å²) in [4.78, 5) is 0. The van der Waals surface area contributed by atoms with Crippen LogP contribution in [0.5, 0.6) is 5.75 Å². The summed E-state index contributed by atoms with van der Waals surface area (Å²) in [6, 6.07) is 1.73. The van der Waals surface area contributed by atoms with Gasteiger partial charge in [0.05, 0.1) is 0 Å². The SMILES string of the molecule is N[C@@H](c1ccc(I)cc1O)C(F)(F)F. The van der Waals surface area contributed by atoms with Crippen molar-refractivity contribution in [1.29, 1.82) is 0 Å². The van der Waals surface area contributed by atoms with Gasteiger partial charge in [-0.1, -0.05) is 6.07 Å². The average molecular weight is 317 g/mol. The molecule has 1 rings (SSSR count). The molecule has 0 fully saturated rings. The molecule has 0 aromatic heterocycles. The molecule has 0 unspecified atom stereocenters. The summed E-state index contributed by atoms with van der Waals surface area (Å²) in [5.74, 6) is -0.429. The molecule has 0 heterocycles. The molecule has 1 aromatic rings. The minimum absolute atomic E-state index is 0.307. The largest absolute Gasteiger partial charge is 0.508 e. The maximum Gasteiger partial charge on any atom is 0.407 e. The van der Waals surface area contributed by atoms with Gasteiger partial charge >= 0.3 is 6.18 Å². The van der Waals surface area contributed by atoms with E-state index in [1.165, 1.54) is 18.2 Å². The van der Waals surface area contributed by atoms with Crippen molar-refractivity contribution in [1.82, 2.24) is 0 Å². The molecule has 0 radical (unpaired) electrons. The van der Waals surface area contributed by atoms with Crippen molar-refractivity contribution in [3.8, 4) is 5.75 Å². The van der Waals surface area contributed by atoms with Gasteiger partial charge in [-0.05, 0) is 34.7 Å². The van der Waals surface area contributed by atoms with Crippen LogP contribution in [0.2, 0.25) is 0 Å². The van der Waals surface area contributed by atoms with E-state index in [4.69, 9.17) is 5.73 Å². The first-order valence-corrected chi connectivity index (χ1v) is 4.71. The second-order valence-electron chi connectivity index (χ2n) is 2.72. The number of nitrogens with two attached hydrogens (primary N) is 1. The van der Waals surface area contributed by atoms with Crippen LogP contribution in [-0.4, -0.2) is 11.3 Å². The second kappa shape index (κ2) is 3.93. The monoisotopic (exact) mass is 317 g/mol. The van der Waals surface area contributed by atoms with Gasteiger partial charge < -0.3 is 10.8 Å². The van der Waals surface area contributed by atoms with E-state index < -0.39 is 18.0 Å². The smallest absolute Gasteiger partial charge is 0.407 e. The zero-order chi connectivity index (χ0) is 10.9. The Morgan fingerprint density at radius 2 is 1.93 bits per heavy atom. The highest BCUT2D eigenvalue weighted by atomic mass is 127. The third-order valence-electron chi connectivity index (χ3n) is 1.68. The molecule has 6 heteroatoms. The van der Waals surface area contributed by atoms with Crippen LogP contribution in [0.4, 0.5) is 13.2 Å². The maximum absolute atomic E-state index is 12.2. The number of hydrogen-bond acceptors (Lipinski definition) is 2. The molecule has 0 saturated carbocycles. The molecule has 0 amide bonds. The summed E-state index contributed by atoms with van der Waals surface area (Å²) in [7, 11) is 0. The lowest BCUT2D eigenvalue weighted by Gasteiger charge is -2.16. The third kappa shape index (κ3) is 2.50. The lowest BCUT2D eigenvalue weighted by Crippen LogP contribution is -2.28. The van der Waals surface area contributed by atoms with Crippen molar-refractivity contribution < 1.29 is 18.3 Å². The highest BCUT2D eigenvalue weighted by Crippen LogP contribution is 2.35. The van der Waals surface area contributed by atoms with Gasteiger partial charge in [-0.15, -0.1) is 0 Å². The second-order valence-corrected chi connectivity index (χ2v) is 3.97. The van der Waals surface area contributed by atoms with Crippen LogP contribution >= 0.6 is 22.6 Å². The summed E-state index contributed by atoms with van der Waals surface area (Å²) in [6.07, 6.45) is -4.54. The Bertz CT molecular complexity index is 340. The van der Waals surface area contributed by atoms with E-state index in [2.05, 4.69) is 0 Å². The molecule has 2 nitrogen and oxygen atoms in total. The Morgan fingerprint density at radius 1 is 1.36 bits per heavy atom. The molecule has 0 spiro atoms. The molecule has 0 bridgehead atoms. The summed E-state index contributed by atoms with van der Waals surface area (Å²) >= 11 is 1.88. The number of phenols is 1. The van der Waals surface area contributed by atoms with Crippen LogP contribution in [0.25, 0.3) is 0 Å². The average Bonchev–Trinajstić information content (AvgIpc) is 2.01. The van der Waals surface area contributed by atoms with E-state index in [9.17, 15) is 18.3 Å². The fourth-order valence-electron chi connectivity index (χ4n) is 0.956. The summed E-state index contributed by atoms with van der Waals surface area (Å²) in [5.41, 5.74) is 4.63. The lowest BCUT2D eigenvalue weighted by atomic mass is 10.1. The number of hydrogen-bond donors (Lipinski definition) is 2.